The van der Waals surface area contributed by atoms with E-state index in [1.54, 1.807) is 0 Å². The van der Waals surface area contributed by atoms with Crippen molar-refractivity contribution in [2.75, 3.05) is 7.05 Å². The molecule has 0 aliphatic carbocycles. The number of thiophene rings is 1. The van der Waals surface area contributed by atoms with Crippen molar-refractivity contribution in [2.24, 2.45) is 0 Å². The molecule has 1 nitrogen and oxygen atoms in total. The van der Waals surface area contributed by atoms with Crippen LogP contribution in [0.1, 0.15) is 28.3 Å². The van der Waals surface area contributed by atoms with Gasteiger partial charge in [-0.25, -0.2) is 4.39 Å². The van der Waals surface area contributed by atoms with Crippen molar-refractivity contribution in [2.45, 2.75) is 25.8 Å². The lowest BCUT2D eigenvalue weighted by atomic mass is 10.0. The van der Waals surface area contributed by atoms with Crippen LogP contribution in [0.3, 0.4) is 0 Å². The molecule has 1 N–H and O–H groups in total. The smallest absolute Gasteiger partial charge is 0.123 e. The summed E-state index contributed by atoms with van der Waals surface area (Å²) in [6.07, 6.45) is 2.04. The van der Waals surface area contributed by atoms with Gasteiger partial charge in [0.25, 0.3) is 0 Å². The first-order valence-corrected chi connectivity index (χ1v) is 7.05. The van der Waals surface area contributed by atoms with E-state index in [9.17, 15) is 4.39 Å². The number of hydrogen-bond acceptors (Lipinski definition) is 2. The van der Waals surface area contributed by atoms with Gasteiger partial charge in [-0.05, 0) is 43.3 Å². The Kier molecular flexibility index (Phi) is 4.50. The van der Waals surface area contributed by atoms with E-state index in [0.717, 1.165) is 18.4 Å². The molecule has 18 heavy (non-hydrogen) atoms. The molecule has 0 radical (unpaired) electrons. The predicted molar refractivity (Wildman–Crippen MR) is 75.6 cm³/mol. The zero-order valence-electron chi connectivity index (χ0n) is 10.7. The van der Waals surface area contributed by atoms with E-state index in [4.69, 9.17) is 0 Å². The Morgan fingerprint density at radius 3 is 2.33 bits per heavy atom. The maximum Gasteiger partial charge on any atom is 0.123 e. The third-order valence-electron chi connectivity index (χ3n) is 3.09. The van der Waals surface area contributed by atoms with Crippen molar-refractivity contribution in [3.8, 4) is 0 Å². The Morgan fingerprint density at radius 1 is 1.11 bits per heavy atom. The summed E-state index contributed by atoms with van der Waals surface area (Å²) >= 11 is 1.86. The molecule has 1 heterocycles. The molecular weight excluding hydrogens is 245 g/mol. The van der Waals surface area contributed by atoms with E-state index in [-0.39, 0.29) is 11.9 Å². The van der Waals surface area contributed by atoms with Crippen molar-refractivity contribution in [1.82, 2.24) is 5.32 Å². The highest BCUT2D eigenvalue weighted by molar-refractivity contribution is 7.11. The van der Waals surface area contributed by atoms with E-state index in [0.29, 0.717) is 0 Å². The van der Waals surface area contributed by atoms with Crippen molar-refractivity contribution >= 4 is 11.3 Å². The molecule has 0 fully saturated rings. The number of nitrogens with one attached hydrogen (secondary N) is 1. The number of likely N-dealkylation sites (N-methyl/N-ethyl adjacent to an activating group) is 1. The molecule has 1 aromatic carbocycles. The van der Waals surface area contributed by atoms with Crippen molar-refractivity contribution in [3.05, 3.63) is 57.5 Å². The van der Waals surface area contributed by atoms with Gasteiger partial charge in [0.2, 0.25) is 0 Å². The molecular formula is C15H18FNS. The Balaban J connectivity index is 2.11. The summed E-state index contributed by atoms with van der Waals surface area (Å²) in [5.74, 6) is -0.182. The SMILES string of the molecule is CCc1ccc(CC(NC)c2ccc(F)cc2)s1. The Labute approximate surface area is 112 Å². The van der Waals surface area contributed by atoms with Crippen LogP contribution in [0, 0.1) is 5.82 Å². The maximum absolute atomic E-state index is 12.9. The lowest BCUT2D eigenvalue weighted by Gasteiger charge is -2.15. The second-order valence-corrected chi connectivity index (χ2v) is 5.57. The van der Waals surface area contributed by atoms with Gasteiger partial charge in [-0.2, -0.15) is 0 Å². The van der Waals surface area contributed by atoms with Crippen molar-refractivity contribution < 1.29 is 4.39 Å². The van der Waals surface area contributed by atoms with Crippen LogP contribution < -0.4 is 5.32 Å². The van der Waals surface area contributed by atoms with E-state index >= 15 is 0 Å². The monoisotopic (exact) mass is 263 g/mol. The van der Waals surface area contributed by atoms with E-state index in [1.807, 2.05) is 30.5 Å². The summed E-state index contributed by atoms with van der Waals surface area (Å²) in [6, 6.07) is 11.4. The fourth-order valence-electron chi connectivity index (χ4n) is 2.00. The summed E-state index contributed by atoms with van der Waals surface area (Å²) < 4.78 is 12.9. The minimum atomic E-state index is -0.182. The summed E-state index contributed by atoms with van der Waals surface area (Å²) in [5.41, 5.74) is 1.13. The van der Waals surface area contributed by atoms with Gasteiger partial charge in [0.1, 0.15) is 5.82 Å². The van der Waals surface area contributed by atoms with Crippen LogP contribution in [0.2, 0.25) is 0 Å². The number of rotatable bonds is 5. The molecule has 2 aromatic rings. The number of halogens is 1. The van der Waals surface area contributed by atoms with Crippen LogP contribution in [-0.2, 0) is 12.8 Å². The quantitative estimate of drug-likeness (QED) is 0.861. The topological polar surface area (TPSA) is 12.0 Å². The molecule has 0 aliphatic heterocycles. The van der Waals surface area contributed by atoms with Gasteiger partial charge in [-0.1, -0.05) is 19.1 Å². The highest BCUT2D eigenvalue weighted by Crippen LogP contribution is 2.24. The minimum absolute atomic E-state index is 0.182. The second kappa shape index (κ2) is 6.12. The molecule has 1 aromatic heterocycles. The largest absolute Gasteiger partial charge is 0.313 e. The van der Waals surface area contributed by atoms with Gasteiger partial charge in [0, 0.05) is 22.2 Å². The Bertz CT molecular complexity index is 489. The van der Waals surface area contributed by atoms with E-state index in [2.05, 4.69) is 24.4 Å². The third-order valence-corrected chi connectivity index (χ3v) is 4.34. The van der Waals surface area contributed by atoms with Crippen LogP contribution in [0.4, 0.5) is 4.39 Å². The third kappa shape index (κ3) is 3.18. The van der Waals surface area contributed by atoms with Gasteiger partial charge >= 0.3 is 0 Å². The zero-order chi connectivity index (χ0) is 13.0. The molecule has 1 unspecified atom stereocenters. The van der Waals surface area contributed by atoms with Crippen LogP contribution in [0.5, 0.6) is 0 Å². The van der Waals surface area contributed by atoms with Gasteiger partial charge in [0.15, 0.2) is 0 Å². The Morgan fingerprint density at radius 2 is 1.78 bits per heavy atom. The molecule has 0 saturated carbocycles. The molecule has 2 rings (SSSR count). The van der Waals surface area contributed by atoms with E-state index < -0.39 is 0 Å². The van der Waals surface area contributed by atoms with Crippen LogP contribution in [0.15, 0.2) is 36.4 Å². The molecule has 0 aliphatic rings. The lowest BCUT2D eigenvalue weighted by Crippen LogP contribution is -2.18. The molecule has 0 bridgehead atoms. The van der Waals surface area contributed by atoms with Crippen LogP contribution >= 0.6 is 11.3 Å². The average Bonchev–Trinajstić information content (AvgIpc) is 2.85. The van der Waals surface area contributed by atoms with Crippen LogP contribution in [-0.4, -0.2) is 7.05 Å². The Hall–Kier alpha value is -1.19. The van der Waals surface area contributed by atoms with Crippen molar-refractivity contribution in [3.63, 3.8) is 0 Å². The van der Waals surface area contributed by atoms with Gasteiger partial charge in [-0.3, -0.25) is 0 Å². The second-order valence-electron chi connectivity index (χ2n) is 4.32. The van der Waals surface area contributed by atoms with Gasteiger partial charge in [-0.15, -0.1) is 11.3 Å². The number of benzene rings is 1. The van der Waals surface area contributed by atoms with Gasteiger partial charge < -0.3 is 5.32 Å². The summed E-state index contributed by atoms with van der Waals surface area (Å²) in [5, 5.41) is 3.30. The molecule has 96 valence electrons. The highest BCUT2D eigenvalue weighted by Gasteiger charge is 2.11. The summed E-state index contributed by atoms with van der Waals surface area (Å²) in [6.45, 7) is 2.17. The fraction of sp³-hybridized carbons (Fsp3) is 0.333. The zero-order valence-corrected chi connectivity index (χ0v) is 11.6. The first-order chi connectivity index (χ1) is 8.72. The van der Waals surface area contributed by atoms with E-state index in [1.165, 1.54) is 21.9 Å². The standard InChI is InChI=1S/C15H18FNS/c1-3-13-8-9-14(18-13)10-15(17-2)11-4-6-12(16)7-5-11/h4-9,15,17H,3,10H2,1-2H3. The lowest BCUT2D eigenvalue weighted by molar-refractivity contribution is 0.589. The first kappa shape index (κ1) is 13.2. The molecule has 0 amide bonds. The number of aryl methyl sites for hydroxylation is 1. The van der Waals surface area contributed by atoms with Crippen LogP contribution in [0.25, 0.3) is 0 Å². The first-order valence-electron chi connectivity index (χ1n) is 6.23. The molecule has 1 atom stereocenters. The summed E-state index contributed by atoms with van der Waals surface area (Å²) in [4.78, 5) is 2.79. The molecule has 0 spiro atoms. The van der Waals surface area contributed by atoms with Gasteiger partial charge in [0.05, 0.1) is 0 Å². The fourth-order valence-corrected chi connectivity index (χ4v) is 3.01. The highest BCUT2D eigenvalue weighted by atomic mass is 32.1. The van der Waals surface area contributed by atoms with Crippen molar-refractivity contribution in [1.29, 1.82) is 0 Å². The normalized spacial score (nSPS) is 12.6. The predicted octanol–water partition coefficient (Wildman–Crippen LogP) is 3.95. The molecule has 0 saturated heterocycles. The summed E-state index contributed by atoms with van der Waals surface area (Å²) in [7, 11) is 1.95. The average molecular weight is 263 g/mol. The minimum Gasteiger partial charge on any atom is -0.313 e. The maximum atomic E-state index is 12.9. The molecule has 3 heteroatoms. The number of hydrogen-bond donors (Lipinski definition) is 1.